The zero-order valence-corrected chi connectivity index (χ0v) is 22.3. The number of esters is 1. The van der Waals surface area contributed by atoms with Gasteiger partial charge in [-0.05, 0) is 19.4 Å². The monoisotopic (exact) mass is 557 g/mol. The van der Waals surface area contributed by atoms with E-state index in [0.717, 1.165) is 11.3 Å². The van der Waals surface area contributed by atoms with E-state index in [9.17, 15) is 19.2 Å². The van der Waals surface area contributed by atoms with Crippen LogP contribution < -0.4 is 11.1 Å². The summed E-state index contributed by atoms with van der Waals surface area (Å²) in [6, 6.07) is -0.961. The van der Waals surface area contributed by atoms with Crippen molar-refractivity contribution in [3.05, 3.63) is 22.3 Å². The summed E-state index contributed by atoms with van der Waals surface area (Å²) in [5.41, 5.74) is 6.15. The minimum atomic E-state index is -1.28. The van der Waals surface area contributed by atoms with Gasteiger partial charge in [-0.25, -0.2) is 14.6 Å². The lowest BCUT2D eigenvalue weighted by molar-refractivity contribution is -0.169. The fourth-order valence-corrected chi connectivity index (χ4v) is 5.32. The van der Waals surface area contributed by atoms with Crippen LogP contribution in [0, 0.1) is 0 Å². The Balaban J connectivity index is 1.74. The minimum absolute atomic E-state index is 0.0353. The molecule has 0 spiro atoms. The highest BCUT2D eigenvalue weighted by Crippen LogP contribution is 2.41. The van der Waals surface area contributed by atoms with Gasteiger partial charge in [0.05, 0.1) is 12.7 Å². The number of β-lactam (4-membered cyclic amide) rings is 1. The maximum Gasteiger partial charge on any atom is 0.511 e. The molecule has 14 nitrogen and oxygen atoms in total. The maximum absolute atomic E-state index is 13.1. The second kappa shape index (κ2) is 12.2. The van der Waals surface area contributed by atoms with Crippen LogP contribution in [0.25, 0.3) is 0 Å². The first-order valence-corrected chi connectivity index (χ1v) is 12.9. The molecular formula is C21H27N5O9S2. The number of amides is 2. The van der Waals surface area contributed by atoms with E-state index in [1.807, 2.05) is 0 Å². The SMILES string of the molecule is COCC1=C(C(=O)O[C@H](C)OC(=O)OC(C)C)N2C(=O)[C@@H](NC(=O)C(=NOC)c3csc(N)n3)[C@H]2SC1. The van der Waals surface area contributed by atoms with Crippen LogP contribution in [0.15, 0.2) is 21.8 Å². The molecule has 1 fully saturated rings. The minimum Gasteiger partial charge on any atom is -0.431 e. The average molecular weight is 558 g/mol. The van der Waals surface area contributed by atoms with Gasteiger partial charge < -0.3 is 34.8 Å². The van der Waals surface area contributed by atoms with Crippen LogP contribution >= 0.6 is 23.1 Å². The van der Waals surface area contributed by atoms with Gasteiger partial charge in [-0.2, -0.15) is 0 Å². The Labute approximate surface area is 220 Å². The predicted molar refractivity (Wildman–Crippen MR) is 132 cm³/mol. The van der Waals surface area contributed by atoms with E-state index in [1.165, 1.54) is 43.2 Å². The number of nitrogen functional groups attached to an aromatic ring is 1. The number of anilines is 1. The number of hydrogen-bond acceptors (Lipinski definition) is 14. The molecule has 0 aromatic carbocycles. The summed E-state index contributed by atoms with van der Waals surface area (Å²) >= 11 is 2.45. The van der Waals surface area contributed by atoms with Crippen molar-refractivity contribution in [1.82, 2.24) is 15.2 Å². The highest BCUT2D eigenvalue weighted by Gasteiger charge is 2.55. The summed E-state index contributed by atoms with van der Waals surface area (Å²) in [7, 11) is 2.71. The normalized spacial score (nSPS) is 20.1. The zero-order valence-electron chi connectivity index (χ0n) is 20.7. The molecule has 202 valence electrons. The number of thioether (sulfide) groups is 1. The number of methoxy groups -OCH3 is 1. The fourth-order valence-electron chi connectivity index (χ4n) is 3.45. The van der Waals surface area contributed by atoms with Crippen LogP contribution in [0.5, 0.6) is 0 Å². The van der Waals surface area contributed by atoms with Gasteiger partial charge in [-0.1, -0.05) is 5.16 Å². The van der Waals surface area contributed by atoms with Gasteiger partial charge in [-0.3, -0.25) is 14.5 Å². The van der Waals surface area contributed by atoms with E-state index in [4.69, 9.17) is 29.5 Å². The molecule has 0 saturated carbocycles. The third kappa shape index (κ3) is 6.50. The van der Waals surface area contributed by atoms with Crippen LogP contribution in [0.3, 0.4) is 0 Å². The Morgan fingerprint density at radius 2 is 1.97 bits per heavy atom. The molecule has 3 N–H and O–H groups in total. The largest absolute Gasteiger partial charge is 0.511 e. The standard InChI is InChI=1S/C21H27N5O9S2/c1-9(2)33-21(30)35-10(3)34-19(29)15-11(6-31-4)7-36-18-14(17(28)26(15)18)24-16(27)13(25-32-5)12-8-37-20(22)23-12/h8-10,14,18H,6-7H2,1-5H3,(H2,22,23)(H,24,27)/t10-,14+,18+/m0/s1. The van der Waals surface area contributed by atoms with Gasteiger partial charge in [-0.15, -0.1) is 23.1 Å². The second-order valence-electron chi connectivity index (χ2n) is 7.95. The number of carbonyl (C=O) groups is 4. The predicted octanol–water partition coefficient (Wildman–Crippen LogP) is 0.827. The lowest BCUT2D eigenvalue weighted by atomic mass is 10.0. The van der Waals surface area contributed by atoms with E-state index < -0.39 is 47.7 Å². The summed E-state index contributed by atoms with van der Waals surface area (Å²) in [5, 5.41) is 7.49. The van der Waals surface area contributed by atoms with Crippen molar-refractivity contribution >= 4 is 57.9 Å². The zero-order chi connectivity index (χ0) is 27.3. The van der Waals surface area contributed by atoms with Crippen molar-refractivity contribution in [2.75, 3.05) is 32.3 Å². The Hall–Kier alpha value is -3.37. The van der Waals surface area contributed by atoms with Crippen molar-refractivity contribution in [1.29, 1.82) is 0 Å². The highest BCUT2D eigenvalue weighted by atomic mass is 32.2. The molecule has 0 radical (unpaired) electrons. The Morgan fingerprint density at radius 3 is 2.57 bits per heavy atom. The average Bonchev–Trinajstić information content (AvgIpc) is 3.25. The number of fused-ring (bicyclic) bond motifs is 1. The number of rotatable bonds is 10. The Bertz CT molecular complexity index is 1120. The Kier molecular flexibility index (Phi) is 9.34. The van der Waals surface area contributed by atoms with Crippen molar-refractivity contribution in [3.63, 3.8) is 0 Å². The van der Waals surface area contributed by atoms with Gasteiger partial charge >= 0.3 is 12.1 Å². The smallest absolute Gasteiger partial charge is 0.431 e. The van der Waals surface area contributed by atoms with E-state index in [1.54, 1.807) is 13.8 Å². The van der Waals surface area contributed by atoms with Crippen molar-refractivity contribution in [2.45, 2.75) is 44.6 Å². The maximum atomic E-state index is 13.1. The van der Waals surface area contributed by atoms with Crippen molar-refractivity contribution in [2.24, 2.45) is 5.16 Å². The van der Waals surface area contributed by atoms with E-state index in [-0.39, 0.29) is 28.8 Å². The molecule has 1 aromatic rings. The molecule has 0 unspecified atom stereocenters. The van der Waals surface area contributed by atoms with E-state index in [0.29, 0.717) is 11.3 Å². The molecule has 1 aromatic heterocycles. The van der Waals surface area contributed by atoms with Gasteiger partial charge in [0.2, 0.25) is 6.29 Å². The number of aromatic nitrogens is 1. The molecule has 3 atom stereocenters. The van der Waals surface area contributed by atoms with Crippen molar-refractivity contribution < 1.29 is 43.0 Å². The van der Waals surface area contributed by atoms with Crippen molar-refractivity contribution in [3.8, 4) is 0 Å². The molecular weight excluding hydrogens is 530 g/mol. The lowest BCUT2D eigenvalue weighted by Gasteiger charge is -2.49. The van der Waals surface area contributed by atoms with Crippen LogP contribution in [-0.2, 0) is 38.2 Å². The third-order valence-corrected chi connectivity index (χ3v) is 6.89. The fraction of sp³-hybridized carbons (Fsp3) is 0.524. The summed E-state index contributed by atoms with van der Waals surface area (Å²) in [6.45, 7) is 4.68. The van der Waals surface area contributed by atoms with Gasteiger partial charge in [0.1, 0.15) is 29.9 Å². The second-order valence-corrected chi connectivity index (χ2v) is 9.94. The molecule has 3 heterocycles. The number of nitrogens with one attached hydrogen (secondary N) is 1. The Morgan fingerprint density at radius 1 is 1.24 bits per heavy atom. The molecule has 0 bridgehead atoms. The molecule has 2 amide bonds. The van der Waals surface area contributed by atoms with Crippen LogP contribution in [0.4, 0.5) is 9.93 Å². The first-order chi connectivity index (χ1) is 17.6. The molecule has 37 heavy (non-hydrogen) atoms. The molecule has 1 saturated heterocycles. The molecule has 3 rings (SSSR count). The molecule has 0 aliphatic carbocycles. The number of nitrogens with zero attached hydrogens (tertiary/aromatic N) is 3. The number of nitrogens with two attached hydrogens (primary N) is 1. The highest BCUT2D eigenvalue weighted by molar-refractivity contribution is 8.00. The lowest BCUT2D eigenvalue weighted by Crippen LogP contribution is -2.71. The summed E-state index contributed by atoms with van der Waals surface area (Å²) in [5.74, 6) is -1.81. The summed E-state index contributed by atoms with van der Waals surface area (Å²) in [4.78, 5) is 60.8. The quantitative estimate of drug-likeness (QED) is 0.136. The van der Waals surface area contributed by atoms with E-state index in [2.05, 4.69) is 15.5 Å². The van der Waals surface area contributed by atoms with Gasteiger partial charge in [0, 0.05) is 25.2 Å². The number of oxime groups is 1. The van der Waals surface area contributed by atoms with E-state index >= 15 is 0 Å². The molecule has 2 aliphatic rings. The first kappa shape index (κ1) is 28.2. The number of thiazole rings is 1. The van der Waals surface area contributed by atoms with Crippen LogP contribution in [0.2, 0.25) is 0 Å². The number of hydrogen-bond donors (Lipinski definition) is 2. The van der Waals surface area contributed by atoms with Crippen LogP contribution in [0.1, 0.15) is 26.5 Å². The van der Waals surface area contributed by atoms with Crippen LogP contribution in [-0.4, -0.2) is 89.9 Å². The summed E-state index contributed by atoms with van der Waals surface area (Å²) < 4.78 is 20.2. The number of ether oxygens (including phenoxy) is 4. The molecule has 2 aliphatic heterocycles. The first-order valence-electron chi connectivity index (χ1n) is 10.9. The van der Waals surface area contributed by atoms with Gasteiger partial charge in [0.15, 0.2) is 10.8 Å². The van der Waals surface area contributed by atoms with Gasteiger partial charge in [0.25, 0.3) is 11.8 Å². The topological polar surface area (TPSA) is 181 Å². The molecule has 16 heteroatoms. The third-order valence-electron chi connectivity index (χ3n) is 4.88. The summed E-state index contributed by atoms with van der Waals surface area (Å²) in [6.07, 6.45) is -2.71. The number of carbonyl (C=O) groups excluding carboxylic acids is 4.